The summed E-state index contributed by atoms with van der Waals surface area (Å²) in [5.41, 5.74) is 0.644. The van der Waals surface area contributed by atoms with Crippen LogP contribution in [0.3, 0.4) is 0 Å². The van der Waals surface area contributed by atoms with E-state index in [1.165, 1.54) is 0 Å². The van der Waals surface area contributed by atoms with Crippen LogP contribution in [0.15, 0.2) is 10.6 Å². The zero-order valence-corrected chi connectivity index (χ0v) is 9.47. The maximum Gasteiger partial charge on any atom is 0.306 e. The molecule has 1 aliphatic carbocycles. The molecule has 1 aliphatic rings. The van der Waals surface area contributed by atoms with Crippen molar-refractivity contribution in [1.82, 2.24) is 10.5 Å². The summed E-state index contributed by atoms with van der Waals surface area (Å²) in [6.07, 6.45) is 1.78. The summed E-state index contributed by atoms with van der Waals surface area (Å²) in [5.74, 6) is -1.31. The van der Waals surface area contributed by atoms with Gasteiger partial charge in [0.15, 0.2) is 0 Å². The highest BCUT2D eigenvalue weighted by Crippen LogP contribution is 2.25. The third-order valence-corrected chi connectivity index (χ3v) is 2.97. The number of aromatic nitrogens is 1. The number of amides is 1. The van der Waals surface area contributed by atoms with Crippen molar-refractivity contribution in [3.05, 3.63) is 17.5 Å². The predicted molar refractivity (Wildman–Crippen MR) is 57.5 cm³/mol. The summed E-state index contributed by atoms with van der Waals surface area (Å²) in [6, 6.07) is 1.47. The van der Waals surface area contributed by atoms with Crippen LogP contribution in [-0.2, 0) is 4.79 Å². The second-order valence-electron chi connectivity index (χ2n) is 4.35. The Morgan fingerprint density at radius 3 is 2.82 bits per heavy atom. The number of nitrogens with one attached hydrogen (secondary N) is 1. The maximum atomic E-state index is 11.7. The molecular weight excluding hydrogens is 224 g/mol. The molecule has 17 heavy (non-hydrogen) atoms. The molecule has 0 aromatic carbocycles. The van der Waals surface area contributed by atoms with Crippen LogP contribution in [0.25, 0.3) is 0 Å². The van der Waals surface area contributed by atoms with Gasteiger partial charge in [0, 0.05) is 12.1 Å². The number of carbonyl (C=O) groups excluding carboxylic acids is 1. The first kappa shape index (κ1) is 11.6. The molecule has 0 unspecified atom stereocenters. The van der Waals surface area contributed by atoms with E-state index in [0.29, 0.717) is 25.0 Å². The smallest absolute Gasteiger partial charge is 0.306 e. The molecule has 0 saturated heterocycles. The summed E-state index contributed by atoms with van der Waals surface area (Å²) in [4.78, 5) is 22.5. The van der Waals surface area contributed by atoms with Crippen LogP contribution in [0.4, 0.5) is 0 Å². The topological polar surface area (TPSA) is 92.4 Å². The first-order valence-electron chi connectivity index (χ1n) is 5.53. The molecule has 1 aromatic rings. The molecule has 1 saturated carbocycles. The van der Waals surface area contributed by atoms with Crippen LogP contribution >= 0.6 is 0 Å². The van der Waals surface area contributed by atoms with E-state index in [0.717, 1.165) is 0 Å². The van der Waals surface area contributed by atoms with Crippen molar-refractivity contribution >= 4 is 11.9 Å². The molecule has 0 spiro atoms. The van der Waals surface area contributed by atoms with Gasteiger partial charge in [0.25, 0.3) is 5.91 Å². The maximum absolute atomic E-state index is 11.7. The summed E-state index contributed by atoms with van der Waals surface area (Å²) in [5, 5.41) is 15.2. The molecule has 6 nitrogen and oxygen atoms in total. The van der Waals surface area contributed by atoms with E-state index in [4.69, 9.17) is 9.63 Å². The molecule has 2 rings (SSSR count). The number of rotatable bonds is 3. The molecule has 1 fully saturated rings. The van der Waals surface area contributed by atoms with Crippen LogP contribution in [0.1, 0.15) is 35.5 Å². The van der Waals surface area contributed by atoms with Crippen LogP contribution < -0.4 is 5.32 Å². The van der Waals surface area contributed by atoms with Crippen LogP contribution in [-0.4, -0.2) is 28.2 Å². The van der Waals surface area contributed by atoms with Gasteiger partial charge in [-0.25, -0.2) is 0 Å². The molecule has 0 bridgehead atoms. The largest absolute Gasteiger partial charge is 0.481 e. The zero-order valence-electron chi connectivity index (χ0n) is 9.47. The number of carboxylic acid groups (broad SMARTS) is 1. The van der Waals surface area contributed by atoms with E-state index in [2.05, 4.69) is 10.5 Å². The third-order valence-electron chi connectivity index (χ3n) is 2.97. The van der Waals surface area contributed by atoms with Gasteiger partial charge in [-0.15, -0.1) is 0 Å². The van der Waals surface area contributed by atoms with Gasteiger partial charge in [-0.05, 0) is 26.2 Å². The lowest BCUT2D eigenvalue weighted by Gasteiger charge is -2.10. The first-order chi connectivity index (χ1) is 8.06. The fourth-order valence-electron chi connectivity index (χ4n) is 2.06. The van der Waals surface area contributed by atoms with E-state index >= 15 is 0 Å². The second-order valence-corrected chi connectivity index (χ2v) is 4.35. The molecule has 1 amide bonds. The van der Waals surface area contributed by atoms with Gasteiger partial charge in [-0.1, -0.05) is 5.16 Å². The van der Waals surface area contributed by atoms with Gasteiger partial charge >= 0.3 is 5.97 Å². The van der Waals surface area contributed by atoms with Gasteiger partial charge in [0.05, 0.1) is 11.6 Å². The highest BCUT2D eigenvalue weighted by Gasteiger charge is 2.31. The number of nitrogens with zero attached hydrogens (tertiary/aromatic N) is 1. The number of hydrogen-bond donors (Lipinski definition) is 2. The molecule has 1 heterocycles. The third kappa shape index (κ3) is 2.64. The molecule has 0 radical (unpaired) electrons. The van der Waals surface area contributed by atoms with Crippen molar-refractivity contribution < 1.29 is 19.2 Å². The van der Waals surface area contributed by atoms with Crippen LogP contribution in [0.2, 0.25) is 0 Å². The first-order valence-corrected chi connectivity index (χ1v) is 5.53. The van der Waals surface area contributed by atoms with E-state index in [1.807, 2.05) is 0 Å². The predicted octanol–water partition coefficient (Wildman–Crippen LogP) is 0.966. The molecule has 0 aliphatic heterocycles. The quantitative estimate of drug-likeness (QED) is 0.818. The zero-order chi connectivity index (χ0) is 12.4. The molecule has 2 N–H and O–H groups in total. The van der Waals surface area contributed by atoms with Gasteiger partial charge in [0.1, 0.15) is 0 Å². The van der Waals surface area contributed by atoms with Gasteiger partial charge in [-0.3, -0.25) is 9.59 Å². The Kier molecular flexibility index (Phi) is 3.12. The standard InChI is InChI=1S/C11H14N2O4/c1-6-4-9(17-13-6)10(14)12-8-3-2-7(5-8)11(15)16/h4,7-8H,2-3,5H2,1H3,(H,12,14)(H,15,16)/t7-,8-/m0/s1. The second kappa shape index (κ2) is 4.57. The van der Waals surface area contributed by atoms with Gasteiger partial charge < -0.3 is 14.9 Å². The Morgan fingerprint density at radius 1 is 1.53 bits per heavy atom. The normalized spacial score (nSPS) is 23.6. The van der Waals surface area contributed by atoms with Crippen LogP contribution in [0, 0.1) is 12.8 Å². The number of aryl methyl sites for hydroxylation is 1. The summed E-state index contributed by atoms with van der Waals surface area (Å²) >= 11 is 0. The van der Waals surface area contributed by atoms with E-state index in [9.17, 15) is 9.59 Å². The Balaban J connectivity index is 1.90. The Morgan fingerprint density at radius 2 is 2.29 bits per heavy atom. The van der Waals surface area contributed by atoms with Gasteiger partial charge in [0.2, 0.25) is 5.76 Å². The average molecular weight is 238 g/mol. The fourth-order valence-corrected chi connectivity index (χ4v) is 2.06. The minimum absolute atomic E-state index is 0.0889. The molecule has 92 valence electrons. The Bertz CT molecular complexity index is 440. The highest BCUT2D eigenvalue weighted by atomic mass is 16.5. The highest BCUT2D eigenvalue weighted by molar-refractivity contribution is 5.91. The minimum atomic E-state index is -0.794. The number of carboxylic acids is 1. The lowest BCUT2D eigenvalue weighted by Crippen LogP contribution is -2.33. The number of aliphatic carboxylic acids is 1. The van der Waals surface area contributed by atoms with Crippen molar-refractivity contribution in [3.63, 3.8) is 0 Å². The summed E-state index contributed by atoms with van der Waals surface area (Å²) in [7, 11) is 0. The lowest BCUT2D eigenvalue weighted by molar-refractivity contribution is -0.141. The van der Waals surface area contributed by atoms with Gasteiger partial charge in [-0.2, -0.15) is 0 Å². The van der Waals surface area contributed by atoms with E-state index < -0.39 is 5.97 Å². The van der Waals surface area contributed by atoms with Crippen molar-refractivity contribution in [2.45, 2.75) is 32.2 Å². The average Bonchev–Trinajstić information content (AvgIpc) is 2.86. The van der Waals surface area contributed by atoms with E-state index in [1.54, 1.807) is 13.0 Å². The number of carbonyl (C=O) groups is 2. The van der Waals surface area contributed by atoms with Crippen molar-refractivity contribution in [3.8, 4) is 0 Å². The van der Waals surface area contributed by atoms with Crippen molar-refractivity contribution in [2.75, 3.05) is 0 Å². The van der Waals surface area contributed by atoms with Crippen molar-refractivity contribution in [1.29, 1.82) is 0 Å². The molecule has 1 aromatic heterocycles. The molecule has 2 atom stereocenters. The monoisotopic (exact) mass is 238 g/mol. The van der Waals surface area contributed by atoms with Crippen LogP contribution in [0.5, 0.6) is 0 Å². The SMILES string of the molecule is Cc1cc(C(=O)N[C@H]2CC[C@H](C(=O)O)C2)on1. The minimum Gasteiger partial charge on any atom is -0.481 e. The van der Waals surface area contributed by atoms with Crippen molar-refractivity contribution in [2.24, 2.45) is 5.92 Å². The Hall–Kier alpha value is -1.85. The van der Waals surface area contributed by atoms with E-state index in [-0.39, 0.29) is 23.6 Å². The summed E-state index contributed by atoms with van der Waals surface area (Å²) < 4.78 is 4.83. The fraction of sp³-hybridized carbons (Fsp3) is 0.545. The molecule has 6 heteroatoms. The Labute approximate surface area is 98.0 Å². The number of hydrogen-bond acceptors (Lipinski definition) is 4. The summed E-state index contributed by atoms with van der Waals surface area (Å²) in [6.45, 7) is 1.73. The lowest BCUT2D eigenvalue weighted by atomic mass is 10.1. The molecular formula is C11H14N2O4.